The standard InChI is InChI=1S/C30H25FN4O3S2/c1-3-25(39-21-13-9-12-20(16-21)34-27(36)22-14-7-8-15-24(22)31)28(37)35-30-23(17-32)18(2)26(40-30)29(38)33-19-10-5-4-6-11-19/h4-16,25H,3H2,1-2H3,(H,33,38)(H,34,36)(H,35,37). The summed E-state index contributed by atoms with van der Waals surface area (Å²) < 4.78 is 14.0. The van der Waals surface area contributed by atoms with Gasteiger partial charge in [-0.1, -0.05) is 43.3 Å². The molecule has 4 aromatic rings. The average molecular weight is 573 g/mol. The number of carbonyl (C=O) groups excluding carboxylic acids is 3. The number of nitriles is 1. The summed E-state index contributed by atoms with van der Waals surface area (Å²) in [5.41, 5.74) is 1.76. The van der Waals surface area contributed by atoms with Gasteiger partial charge in [0, 0.05) is 16.3 Å². The van der Waals surface area contributed by atoms with Crippen molar-refractivity contribution in [3.05, 3.63) is 106 Å². The van der Waals surface area contributed by atoms with Crippen LogP contribution >= 0.6 is 23.1 Å². The molecule has 0 spiro atoms. The number of halogens is 1. The third-order valence-electron chi connectivity index (χ3n) is 5.89. The molecule has 202 valence electrons. The molecule has 0 saturated heterocycles. The monoisotopic (exact) mass is 572 g/mol. The van der Waals surface area contributed by atoms with Crippen LogP contribution in [-0.4, -0.2) is 23.0 Å². The van der Waals surface area contributed by atoms with Crippen LogP contribution in [0.1, 0.15) is 44.5 Å². The van der Waals surface area contributed by atoms with Crippen molar-refractivity contribution in [2.75, 3.05) is 16.0 Å². The number of hydrogen-bond donors (Lipinski definition) is 3. The predicted molar refractivity (Wildman–Crippen MR) is 158 cm³/mol. The number of amides is 3. The van der Waals surface area contributed by atoms with Crippen molar-refractivity contribution in [3.8, 4) is 6.07 Å². The van der Waals surface area contributed by atoms with Crippen LogP contribution in [0, 0.1) is 24.1 Å². The van der Waals surface area contributed by atoms with Crippen molar-refractivity contribution in [1.82, 2.24) is 0 Å². The maximum atomic E-state index is 14.0. The van der Waals surface area contributed by atoms with Gasteiger partial charge in [-0.05, 0) is 61.4 Å². The van der Waals surface area contributed by atoms with Gasteiger partial charge in [0.2, 0.25) is 5.91 Å². The lowest BCUT2D eigenvalue weighted by Gasteiger charge is -2.15. The number of nitrogens with zero attached hydrogens (tertiary/aromatic N) is 1. The Bertz CT molecular complexity index is 1600. The summed E-state index contributed by atoms with van der Waals surface area (Å²) in [5, 5.41) is 17.9. The summed E-state index contributed by atoms with van der Waals surface area (Å²) in [6.07, 6.45) is 0.482. The van der Waals surface area contributed by atoms with Gasteiger partial charge >= 0.3 is 0 Å². The molecule has 1 atom stereocenters. The molecule has 0 aliphatic heterocycles. The van der Waals surface area contributed by atoms with Crippen LogP contribution in [0.3, 0.4) is 0 Å². The lowest BCUT2D eigenvalue weighted by molar-refractivity contribution is -0.115. The van der Waals surface area contributed by atoms with E-state index in [0.717, 1.165) is 16.2 Å². The number of para-hydroxylation sites is 1. The Hall–Kier alpha value is -4.46. The Morgan fingerprint density at radius 1 is 0.925 bits per heavy atom. The van der Waals surface area contributed by atoms with Crippen molar-refractivity contribution in [1.29, 1.82) is 5.26 Å². The normalized spacial score (nSPS) is 11.2. The number of thiophene rings is 1. The Balaban J connectivity index is 1.46. The Kier molecular flexibility index (Phi) is 9.32. The van der Waals surface area contributed by atoms with Gasteiger partial charge in [-0.25, -0.2) is 4.39 Å². The van der Waals surface area contributed by atoms with Gasteiger partial charge in [-0.2, -0.15) is 5.26 Å². The first kappa shape index (κ1) is 28.5. The Labute approximate surface area is 239 Å². The van der Waals surface area contributed by atoms with Crippen LogP contribution < -0.4 is 16.0 Å². The number of nitrogens with one attached hydrogen (secondary N) is 3. The third kappa shape index (κ3) is 6.75. The first-order valence-electron chi connectivity index (χ1n) is 12.3. The summed E-state index contributed by atoms with van der Waals surface area (Å²) >= 11 is 2.35. The summed E-state index contributed by atoms with van der Waals surface area (Å²) in [6, 6.07) is 23.7. The molecule has 0 aliphatic rings. The van der Waals surface area contributed by atoms with E-state index in [0.29, 0.717) is 33.2 Å². The van der Waals surface area contributed by atoms with Crippen molar-refractivity contribution in [3.63, 3.8) is 0 Å². The molecule has 1 heterocycles. The first-order valence-corrected chi connectivity index (χ1v) is 14.0. The number of rotatable bonds is 9. The van der Waals surface area contributed by atoms with Crippen LogP contribution in [0.25, 0.3) is 0 Å². The summed E-state index contributed by atoms with van der Waals surface area (Å²) in [5.74, 6) is -1.87. The van der Waals surface area contributed by atoms with E-state index in [1.165, 1.54) is 30.0 Å². The van der Waals surface area contributed by atoms with Gasteiger partial charge in [0.1, 0.15) is 16.9 Å². The van der Waals surface area contributed by atoms with Crippen molar-refractivity contribution < 1.29 is 18.8 Å². The van der Waals surface area contributed by atoms with E-state index in [1.54, 1.807) is 61.5 Å². The fraction of sp³-hybridized carbons (Fsp3) is 0.133. The number of benzene rings is 3. The molecule has 40 heavy (non-hydrogen) atoms. The lowest BCUT2D eigenvalue weighted by Crippen LogP contribution is -2.24. The molecular weight excluding hydrogens is 547 g/mol. The third-order valence-corrected chi connectivity index (χ3v) is 8.45. The minimum absolute atomic E-state index is 0.0669. The molecule has 0 aliphatic carbocycles. The minimum Gasteiger partial charge on any atom is -0.322 e. The van der Waals surface area contributed by atoms with Crippen LogP contribution in [-0.2, 0) is 4.79 Å². The zero-order chi connectivity index (χ0) is 28.6. The largest absolute Gasteiger partial charge is 0.322 e. The van der Waals surface area contributed by atoms with Gasteiger partial charge in [0.25, 0.3) is 11.8 Å². The topological polar surface area (TPSA) is 111 Å². The van der Waals surface area contributed by atoms with E-state index in [4.69, 9.17) is 0 Å². The number of carbonyl (C=O) groups is 3. The molecule has 4 rings (SSSR count). The fourth-order valence-electron chi connectivity index (χ4n) is 3.83. The lowest BCUT2D eigenvalue weighted by atomic mass is 10.1. The number of anilines is 3. The number of hydrogen-bond acceptors (Lipinski definition) is 6. The highest BCUT2D eigenvalue weighted by atomic mass is 32.2. The molecule has 0 bridgehead atoms. The molecule has 0 fully saturated rings. The Morgan fingerprint density at radius 2 is 1.60 bits per heavy atom. The van der Waals surface area contributed by atoms with Crippen molar-refractivity contribution in [2.45, 2.75) is 30.4 Å². The average Bonchev–Trinajstić information content (AvgIpc) is 3.27. The molecule has 0 saturated carbocycles. The molecule has 3 aromatic carbocycles. The van der Waals surface area contributed by atoms with E-state index >= 15 is 0 Å². The van der Waals surface area contributed by atoms with Crippen LogP contribution in [0.2, 0.25) is 0 Å². The van der Waals surface area contributed by atoms with E-state index in [9.17, 15) is 24.0 Å². The molecule has 1 aromatic heterocycles. The van der Waals surface area contributed by atoms with Crippen molar-refractivity contribution >= 4 is 57.2 Å². The zero-order valence-corrected chi connectivity index (χ0v) is 23.3. The van der Waals surface area contributed by atoms with Gasteiger partial charge in [-0.3, -0.25) is 14.4 Å². The highest BCUT2D eigenvalue weighted by Gasteiger charge is 2.25. The predicted octanol–water partition coefficient (Wildman–Crippen LogP) is 7.08. The highest BCUT2D eigenvalue weighted by molar-refractivity contribution is 8.00. The minimum atomic E-state index is -0.616. The molecule has 3 amide bonds. The van der Waals surface area contributed by atoms with Gasteiger partial charge in [0.15, 0.2) is 0 Å². The van der Waals surface area contributed by atoms with Gasteiger partial charge in [0.05, 0.1) is 21.3 Å². The van der Waals surface area contributed by atoms with Gasteiger partial charge < -0.3 is 16.0 Å². The fourth-order valence-corrected chi connectivity index (χ4v) is 5.90. The second-order valence-corrected chi connectivity index (χ2v) is 11.0. The SMILES string of the molecule is CCC(Sc1cccc(NC(=O)c2ccccc2F)c1)C(=O)Nc1sc(C(=O)Nc2ccccc2)c(C)c1C#N. The zero-order valence-electron chi connectivity index (χ0n) is 21.7. The van der Waals surface area contributed by atoms with E-state index in [-0.39, 0.29) is 22.9 Å². The summed E-state index contributed by atoms with van der Waals surface area (Å²) in [4.78, 5) is 39.7. The second-order valence-electron chi connectivity index (χ2n) is 8.66. The molecule has 0 radical (unpaired) electrons. The van der Waals surface area contributed by atoms with Gasteiger partial charge in [-0.15, -0.1) is 23.1 Å². The maximum Gasteiger partial charge on any atom is 0.266 e. The van der Waals surface area contributed by atoms with E-state index in [1.807, 2.05) is 13.0 Å². The smallest absolute Gasteiger partial charge is 0.266 e. The van der Waals surface area contributed by atoms with Crippen LogP contribution in [0.5, 0.6) is 0 Å². The van der Waals surface area contributed by atoms with E-state index in [2.05, 4.69) is 22.0 Å². The summed E-state index contributed by atoms with van der Waals surface area (Å²) in [6.45, 7) is 3.54. The quantitative estimate of drug-likeness (QED) is 0.186. The molecule has 1 unspecified atom stereocenters. The van der Waals surface area contributed by atoms with Crippen LogP contribution in [0.4, 0.5) is 20.8 Å². The first-order chi connectivity index (χ1) is 19.3. The molecule has 7 nitrogen and oxygen atoms in total. The highest BCUT2D eigenvalue weighted by Crippen LogP contribution is 2.35. The second kappa shape index (κ2) is 13.1. The van der Waals surface area contributed by atoms with E-state index < -0.39 is 17.0 Å². The van der Waals surface area contributed by atoms with Crippen molar-refractivity contribution in [2.24, 2.45) is 0 Å². The molecule has 10 heteroatoms. The molecule has 3 N–H and O–H groups in total. The molecular formula is C30H25FN4O3S2. The summed E-state index contributed by atoms with van der Waals surface area (Å²) in [7, 11) is 0. The Morgan fingerprint density at radius 3 is 2.30 bits per heavy atom. The van der Waals surface area contributed by atoms with Crippen LogP contribution in [0.15, 0.2) is 83.8 Å². The number of thioether (sulfide) groups is 1. The maximum absolute atomic E-state index is 14.0.